The van der Waals surface area contributed by atoms with Gasteiger partial charge in [-0.2, -0.15) is 0 Å². The lowest BCUT2D eigenvalue weighted by Crippen LogP contribution is -2.24. The first kappa shape index (κ1) is 28.3. The summed E-state index contributed by atoms with van der Waals surface area (Å²) in [4.78, 5) is 8.45. The highest BCUT2D eigenvalue weighted by Crippen LogP contribution is 2.45. The molecule has 0 saturated heterocycles. The number of fused-ring (bicyclic) bond motifs is 4. The van der Waals surface area contributed by atoms with E-state index in [1.165, 1.54) is 10.5 Å². The van der Waals surface area contributed by atoms with E-state index in [1.54, 1.807) is 0 Å². The summed E-state index contributed by atoms with van der Waals surface area (Å²) in [6.07, 6.45) is 1.90. The Morgan fingerprint density at radius 1 is 0.667 bits per heavy atom. The van der Waals surface area contributed by atoms with Crippen LogP contribution in [0.15, 0.2) is 97.2 Å². The zero-order valence-corrected chi connectivity index (χ0v) is 29.6. The van der Waals surface area contributed by atoms with E-state index in [0.717, 1.165) is 55.9 Å². The molecule has 0 fully saturated rings. The Labute approximate surface area is 290 Å². The number of ether oxygens (including phenoxy) is 1. The molecule has 0 amide bonds. The largest absolute Gasteiger partial charge is 0.457 e. The predicted octanol–water partition coefficient (Wildman–Crippen LogP) is 11.4. The summed E-state index contributed by atoms with van der Waals surface area (Å²) in [7, 11) is 0. The van der Waals surface area contributed by atoms with Crippen molar-refractivity contribution in [2.24, 2.45) is 0 Å². The Kier molecular flexibility index (Phi) is 6.57. The number of nitrogens with zero attached hydrogens (tertiary/aromatic N) is 4. The fourth-order valence-corrected chi connectivity index (χ4v) is 6.71. The van der Waals surface area contributed by atoms with Crippen LogP contribution in [0.5, 0.6) is 11.5 Å². The zero-order chi connectivity index (χ0) is 36.7. The van der Waals surface area contributed by atoms with E-state index in [0.29, 0.717) is 11.4 Å². The average molecular weight is 640 g/mol. The third-order valence-corrected chi connectivity index (χ3v) is 9.47. The first-order valence-corrected chi connectivity index (χ1v) is 16.8. The lowest BCUT2D eigenvalue weighted by atomic mass is 9.85. The Morgan fingerprint density at radius 3 is 2.08 bits per heavy atom. The van der Waals surface area contributed by atoms with Crippen molar-refractivity contribution >= 4 is 38.9 Å². The van der Waals surface area contributed by atoms with Crippen LogP contribution < -0.4 is 14.5 Å². The van der Waals surface area contributed by atoms with Crippen LogP contribution in [0, 0.1) is 0 Å². The highest BCUT2D eigenvalue weighted by molar-refractivity contribution is 6.10. The van der Waals surface area contributed by atoms with Crippen LogP contribution in [0.2, 0.25) is 0 Å². The average Bonchev–Trinajstić information content (AvgIpc) is 3.59. The van der Waals surface area contributed by atoms with E-state index in [-0.39, 0.29) is 22.9 Å². The zero-order valence-electron chi connectivity index (χ0n) is 32.6. The van der Waals surface area contributed by atoms with Crippen molar-refractivity contribution < 1.29 is 8.85 Å². The van der Waals surface area contributed by atoms with E-state index in [2.05, 4.69) is 132 Å². The van der Waals surface area contributed by atoms with Crippen LogP contribution in [-0.4, -0.2) is 23.2 Å². The summed E-state index contributed by atoms with van der Waals surface area (Å²) in [5, 5.41) is 2.31. The number of hydrogen-bond acceptors (Lipinski definition) is 4. The minimum Gasteiger partial charge on any atom is -0.457 e. The maximum atomic E-state index is 8.26. The molecule has 0 N–H and O–H groups in total. The predicted molar refractivity (Wildman–Crippen MR) is 203 cm³/mol. The van der Waals surface area contributed by atoms with Crippen LogP contribution in [0.3, 0.4) is 0 Å². The fourth-order valence-electron chi connectivity index (χ4n) is 6.71. The molecule has 4 aromatic carbocycles. The van der Waals surface area contributed by atoms with Gasteiger partial charge in [-0.1, -0.05) is 92.6 Å². The lowest BCUT2D eigenvalue weighted by molar-refractivity contribution is 0.453. The monoisotopic (exact) mass is 639 g/mol. The Balaban J connectivity index is 1.43. The molecule has 246 valence electrons. The van der Waals surface area contributed by atoms with Crippen LogP contribution in [0.4, 0.5) is 17.1 Å². The first-order valence-electron chi connectivity index (χ1n) is 18.3. The molecule has 1 aliphatic heterocycles. The quantitative estimate of drug-likeness (QED) is 0.192. The van der Waals surface area contributed by atoms with Crippen LogP contribution in [0.25, 0.3) is 27.6 Å². The van der Waals surface area contributed by atoms with Gasteiger partial charge in [0.25, 0.3) is 0 Å². The van der Waals surface area contributed by atoms with Crippen LogP contribution in [0.1, 0.15) is 83.1 Å². The molecule has 2 aromatic heterocycles. The van der Waals surface area contributed by atoms with Crippen molar-refractivity contribution in [3.63, 3.8) is 0 Å². The smallest absolute Gasteiger partial charge is 0.137 e. The van der Waals surface area contributed by atoms with Gasteiger partial charge in [-0.05, 0) is 75.9 Å². The number of aromatic nitrogens is 2. The van der Waals surface area contributed by atoms with Gasteiger partial charge in [0.15, 0.2) is 0 Å². The summed E-state index contributed by atoms with van der Waals surface area (Å²) >= 11 is 0. The Bertz CT molecular complexity index is 2280. The summed E-state index contributed by atoms with van der Waals surface area (Å²) in [5.74, 6) is 2.34. The third kappa shape index (κ3) is 5.59. The van der Waals surface area contributed by atoms with Gasteiger partial charge in [-0.3, -0.25) is 4.57 Å². The number of anilines is 3. The SMILES string of the molecule is [2H]C([2H])([2H])N1CN(c2cc(Oc3cc4c(cc3C(C)(C)C)c3ccccc3n4-c3cc(C(C)(C)C)ccn3)cc(C(C)(C)C)c2)c2ccccc21. The molecule has 6 aromatic rings. The molecule has 1 aliphatic rings. The topological polar surface area (TPSA) is 33.5 Å². The number of para-hydroxylation sites is 3. The van der Waals surface area contributed by atoms with Gasteiger partial charge >= 0.3 is 0 Å². The molecule has 0 radical (unpaired) electrons. The second-order valence-electron chi connectivity index (χ2n) is 16.2. The first-order chi connectivity index (χ1) is 23.8. The number of benzene rings is 4. The van der Waals surface area contributed by atoms with Crippen molar-refractivity contribution in [2.75, 3.05) is 23.4 Å². The molecular weight excluding hydrogens is 589 g/mol. The van der Waals surface area contributed by atoms with Crippen molar-refractivity contribution in [1.29, 1.82) is 0 Å². The van der Waals surface area contributed by atoms with Gasteiger partial charge < -0.3 is 14.5 Å². The van der Waals surface area contributed by atoms with Crippen molar-refractivity contribution in [3.05, 3.63) is 114 Å². The molecule has 5 nitrogen and oxygen atoms in total. The second kappa shape index (κ2) is 11.2. The summed E-state index contributed by atoms with van der Waals surface area (Å²) in [6, 6.07) is 31.3. The van der Waals surface area contributed by atoms with Crippen molar-refractivity contribution in [3.8, 4) is 17.3 Å². The van der Waals surface area contributed by atoms with Gasteiger partial charge in [0.2, 0.25) is 0 Å². The van der Waals surface area contributed by atoms with E-state index < -0.39 is 6.98 Å². The normalized spacial score (nSPS) is 15.1. The fraction of sp³-hybridized carbons (Fsp3) is 0.326. The highest BCUT2D eigenvalue weighted by atomic mass is 16.5. The number of pyridine rings is 1. The number of rotatable bonds is 4. The minimum absolute atomic E-state index is 0.0315. The van der Waals surface area contributed by atoms with E-state index >= 15 is 0 Å². The molecule has 5 heteroatoms. The molecule has 0 saturated carbocycles. The third-order valence-electron chi connectivity index (χ3n) is 9.47. The summed E-state index contributed by atoms with van der Waals surface area (Å²) in [6.45, 7) is 17.8. The summed E-state index contributed by atoms with van der Waals surface area (Å²) in [5.41, 5.74) is 7.50. The molecule has 3 heterocycles. The summed E-state index contributed by atoms with van der Waals surface area (Å²) < 4.78 is 34.1. The molecular formula is C43H48N4O. The second-order valence-corrected chi connectivity index (χ2v) is 16.2. The highest BCUT2D eigenvalue weighted by Gasteiger charge is 2.28. The van der Waals surface area contributed by atoms with E-state index in [9.17, 15) is 0 Å². The van der Waals surface area contributed by atoms with Gasteiger partial charge in [-0.25, -0.2) is 4.98 Å². The van der Waals surface area contributed by atoms with E-state index in [4.69, 9.17) is 13.8 Å². The molecule has 0 aliphatic carbocycles. The maximum Gasteiger partial charge on any atom is 0.137 e. The molecule has 0 unspecified atom stereocenters. The standard InChI is InChI=1S/C43H48N4O/c1-41(2,3)28-19-20-44-40(23-28)47-35-16-12-11-15-32(35)33-25-34(43(7,8)9)39(26-38(33)47)48-31-22-29(42(4,5)6)21-30(24-31)46-27-45(10)36-17-13-14-18-37(36)46/h11-26H,27H2,1-10H3/i10D3. The lowest BCUT2D eigenvalue weighted by Gasteiger charge is -2.27. The maximum absolute atomic E-state index is 8.26. The van der Waals surface area contributed by atoms with Crippen molar-refractivity contribution in [2.45, 2.75) is 78.6 Å². The molecule has 48 heavy (non-hydrogen) atoms. The minimum atomic E-state index is -2.28. The van der Waals surface area contributed by atoms with E-state index in [1.807, 2.05) is 36.5 Å². The van der Waals surface area contributed by atoms with Gasteiger partial charge in [0, 0.05) is 51.4 Å². The Hall–Kier alpha value is -4.77. The van der Waals surface area contributed by atoms with Gasteiger partial charge in [-0.15, -0.1) is 0 Å². The van der Waals surface area contributed by atoms with Gasteiger partial charge in [0.1, 0.15) is 17.3 Å². The van der Waals surface area contributed by atoms with Gasteiger partial charge in [0.05, 0.1) is 29.1 Å². The molecule has 0 atom stereocenters. The van der Waals surface area contributed by atoms with Crippen LogP contribution >= 0.6 is 0 Å². The van der Waals surface area contributed by atoms with Crippen LogP contribution in [-0.2, 0) is 16.2 Å². The number of hydrogen-bond donors (Lipinski definition) is 0. The molecule has 0 bridgehead atoms. The molecule has 0 spiro atoms. The van der Waals surface area contributed by atoms with Crippen molar-refractivity contribution in [1.82, 2.24) is 9.55 Å². The molecule has 7 rings (SSSR count). The Morgan fingerprint density at radius 2 is 1.38 bits per heavy atom.